The summed E-state index contributed by atoms with van der Waals surface area (Å²) >= 11 is 0. The molecule has 158 valence electrons. The van der Waals surface area contributed by atoms with Gasteiger partial charge in [-0.1, -0.05) is 12.1 Å². The minimum absolute atomic E-state index is 0.216. The average molecular weight is 418 g/mol. The molecule has 1 amide bonds. The van der Waals surface area contributed by atoms with Crippen molar-refractivity contribution in [1.29, 1.82) is 0 Å². The van der Waals surface area contributed by atoms with Gasteiger partial charge in [0, 0.05) is 45.0 Å². The molecule has 2 aromatic heterocycles. The van der Waals surface area contributed by atoms with E-state index in [9.17, 15) is 4.79 Å². The van der Waals surface area contributed by atoms with Crippen LogP contribution in [0.2, 0.25) is 0 Å². The second-order valence-corrected chi connectivity index (χ2v) is 7.42. The van der Waals surface area contributed by atoms with Gasteiger partial charge in [-0.15, -0.1) is 0 Å². The first-order valence-corrected chi connectivity index (χ1v) is 10.1. The van der Waals surface area contributed by atoms with Crippen LogP contribution in [0.1, 0.15) is 21.6 Å². The van der Waals surface area contributed by atoms with Gasteiger partial charge in [0.2, 0.25) is 12.7 Å². The fourth-order valence-corrected chi connectivity index (χ4v) is 3.82. The fourth-order valence-electron chi connectivity index (χ4n) is 3.82. The van der Waals surface area contributed by atoms with Crippen molar-refractivity contribution in [2.24, 2.45) is 5.73 Å². The smallest absolute Gasteiger partial charge is 0.252 e. The molecule has 4 heterocycles. The molecule has 9 heteroatoms. The summed E-state index contributed by atoms with van der Waals surface area (Å²) in [6, 6.07) is 11.6. The Morgan fingerprint density at radius 2 is 1.81 bits per heavy atom. The van der Waals surface area contributed by atoms with Crippen LogP contribution in [-0.2, 0) is 6.42 Å². The molecule has 0 radical (unpaired) electrons. The Balaban J connectivity index is 1.35. The zero-order valence-corrected chi connectivity index (χ0v) is 16.9. The lowest BCUT2D eigenvalue weighted by molar-refractivity contribution is 0.0998. The van der Waals surface area contributed by atoms with Crippen molar-refractivity contribution in [2.45, 2.75) is 6.42 Å². The Kier molecular flexibility index (Phi) is 4.99. The van der Waals surface area contributed by atoms with Crippen LogP contribution >= 0.6 is 0 Å². The molecule has 2 aliphatic heterocycles. The number of carbonyl (C=O) groups is 1. The molecular weight excluding hydrogens is 396 g/mol. The summed E-state index contributed by atoms with van der Waals surface area (Å²) in [5.74, 6) is 2.44. The minimum Gasteiger partial charge on any atom is -0.454 e. The van der Waals surface area contributed by atoms with Crippen molar-refractivity contribution in [3.8, 4) is 11.5 Å². The van der Waals surface area contributed by atoms with Gasteiger partial charge in [-0.05, 0) is 29.8 Å². The molecular formula is C22H22N6O3. The number of hydrogen-bond acceptors (Lipinski definition) is 8. The van der Waals surface area contributed by atoms with Crippen molar-refractivity contribution in [3.63, 3.8) is 0 Å². The standard InChI is InChI=1S/C22H22N6O3/c23-21(29)16-13-25-22(28-9-7-27(8-10-28)20-3-1-2-6-24-20)26-17(16)11-15-4-5-18-19(12-15)31-14-30-18/h1-6,12-13H,7-11,14H2,(H2,23,29). The van der Waals surface area contributed by atoms with E-state index >= 15 is 0 Å². The van der Waals surface area contributed by atoms with E-state index in [0.29, 0.717) is 35.1 Å². The number of carbonyl (C=O) groups excluding carboxylic acids is 1. The van der Waals surface area contributed by atoms with Gasteiger partial charge >= 0.3 is 0 Å². The Labute approximate surface area is 179 Å². The Morgan fingerprint density at radius 1 is 1.00 bits per heavy atom. The van der Waals surface area contributed by atoms with Crippen molar-refractivity contribution in [1.82, 2.24) is 15.0 Å². The van der Waals surface area contributed by atoms with Crippen LogP contribution in [-0.4, -0.2) is 53.8 Å². The Bertz CT molecular complexity index is 1100. The Hall–Kier alpha value is -3.88. The quantitative estimate of drug-likeness (QED) is 0.666. The number of ether oxygens (including phenoxy) is 2. The molecule has 0 aliphatic carbocycles. The van der Waals surface area contributed by atoms with Crippen molar-refractivity contribution >= 4 is 17.7 Å². The first kappa shape index (κ1) is 19.1. The number of aromatic nitrogens is 3. The molecule has 1 saturated heterocycles. The zero-order chi connectivity index (χ0) is 21.2. The number of anilines is 2. The summed E-state index contributed by atoms with van der Waals surface area (Å²) < 4.78 is 10.8. The number of nitrogens with zero attached hydrogens (tertiary/aromatic N) is 5. The molecule has 2 N–H and O–H groups in total. The highest BCUT2D eigenvalue weighted by atomic mass is 16.7. The molecule has 1 aromatic carbocycles. The van der Waals surface area contributed by atoms with Crippen LogP contribution in [0.5, 0.6) is 11.5 Å². The van der Waals surface area contributed by atoms with Gasteiger partial charge in [-0.2, -0.15) is 0 Å². The van der Waals surface area contributed by atoms with Crippen molar-refractivity contribution < 1.29 is 14.3 Å². The van der Waals surface area contributed by atoms with Crippen LogP contribution in [0.25, 0.3) is 0 Å². The summed E-state index contributed by atoms with van der Waals surface area (Å²) in [5.41, 5.74) is 7.46. The topological polar surface area (TPSA) is 107 Å². The lowest BCUT2D eigenvalue weighted by Crippen LogP contribution is -2.47. The zero-order valence-electron chi connectivity index (χ0n) is 16.9. The Morgan fingerprint density at radius 3 is 2.58 bits per heavy atom. The number of pyridine rings is 1. The summed E-state index contributed by atoms with van der Waals surface area (Å²) in [7, 11) is 0. The highest BCUT2D eigenvalue weighted by Gasteiger charge is 2.22. The van der Waals surface area contributed by atoms with Crippen LogP contribution in [0, 0.1) is 0 Å². The van der Waals surface area contributed by atoms with Crippen molar-refractivity contribution in [2.75, 3.05) is 42.8 Å². The van der Waals surface area contributed by atoms with E-state index in [2.05, 4.69) is 19.8 Å². The molecule has 0 atom stereocenters. The van der Waals surface area contributed by atoms with E-state index in [0.717, 1.165) is 37.6 Å². The maximum Gasteiger partial charge on any atom is 0.252 e. The number of fused-ring (bicyclic) bond motifs is 1. The van der Waals surface area contributed by atoms with Gasteiger partial charge in [0.05, 0.1) is 11.3 Å². The second-order valence-electron chi connectivity index (χ2n) is 7.42. The normalized spacial score (nSPS) is 15.2. The maximum atomic E-state index is 12.0. The molecule has 31 heavy (non-hydrogen) atoms. The second kappa shape index (κ2) is 8.10. The van der Waals surface area contributed by atoms with Gasteiger partial charge in [0.15, 0.2) is 11.5 Å². The molecule has 0 unspecified atom stereocenters. The average Bonchev–Trinajstić information content (AvgIpc) is 3.27. The van der Waals surface area contributed by atoms with Crippen LogP contribution in [0.15, 0.2) is 48.8 Å². The SMILES string of the molecule is NC(=O)c1cnc(N2CCN(c3ccccn3)CC2)nc1Cc1ccc2c(c1)OCO2. The molecule has 5 rings (SSSR count). The number of primary amides is 1. The molecule has 0 spiro atoms. The number of amides is 1. The van der Waals surface area contributed by atoms with Gasteiger partial charge < -0.3 is 25.0 Å². The molecule has 0 bridgehead atoms. The van der Waals surface area contributed by atoms with Gasteiger partial charge in [-0.3, -0.25) is 4.79 Å². The van der Waals surface area contributed by atoms with Gasteiger partial charge in [0.1, 0.15) is 5.82 Å². The number of rotatable bonds is 5. The largest absolute Gasteiger partial charge is 0.454 e. The number of nitrogens with two attached hydrogens (primary N) is 1. The number of piperazine rings is 1. The lowest BCUT2D eigenvalue weighted by Gasteiger charge is -2.35. The monoisotopic (exact) mass is 418 g/mol. The molecule has 0 saturated carbocycles. The lowest BCUT2D eigenvalue weighted by atomic mass is 10.1. The van der Waals surface area contributed by atoms with E-state index in [-0.39, 0.29) is 6.79 Å². The highest BCUT2D eigenvalue weighted by molar-refractivity contribution is 5.93. The molecule has 2 aliphatic rings. The summed E-state index contributed by atoms with van der Waals surface area (Å²) in [4.78, 5) is 29.9. The van der Waals surface area contributed by atoms with Crippen LogP contribution < -0.4 is 25.0 Å². The van der Waals surface area contributed by atoms with E-state index in [1.807, 2.05) is 36.4 Å². The minimum atomic E-state index is -0.540. The van der Waals surface area contributed by atoms with E-state index < -0.39 is 5.91 Å². The third kappa shape index (κ3) is 3.94. The third-order valence-electron chi connectivity index (χ3n) is 5.46. The molecule has 3 aromatic rings. The number of hydrogen-bond donors (Lipinski definition) is 1. The summed E-state index contributed by atoms with van der Waals surface area (Å²) in [5, 5.41) is 0. The third-order valence-corrected chi connectivity index (χ3v) is 5.46. The van der Waals surface area contributed by atoms with E-state index in [1.54, 1.807) is 6.20 Å². The number of benzene rings is 1. The van der Waals surface area contributed by atoms with Gasteiger partial charge in [0.25, 0.3) is 5.91 Å². The maximum absolute atomic E-state index is 12.0. The molecule has 1 fully saturated rings. The van der Waals surface area contributed by atoms with Crippen molar-refractivity contribution in [3.05, 3.63) is 65.6 Å². The summed E-state index contributed by atoms with van der Waals surface area (Å²) in [6.07, 6.45) is 3.77. The highest BCUT2D eigenvalue weighted by Crippen LogP contribution is 2.33. The van der Waals surface area contributed by atoms with Gasteiger partial charge in [-0.25, -0.2) is 15.0 Å². The van der Waals surface area contributed by atoms with E-state index in [1.165, 1.54) is 6.20 Å². The predicted molar refractivity (Wildman–Crippen MR) is 115 cm³/mol. The molecule has 9 nitrogen and oxygen atoms in total. The first-order chi connectivity index (χ1) is 15.2. The van der Waals surface area contributed by atoms with Crippen LogP contribution in [0.3, 0.4) is 0 Å². The fraction of sp³-hybridized carbons (Fsp3) is 0.273. The summed E-state index contributed by atoms with van der Waals surface area (Å²) in [6.45, 7) is 3.37. The first-order valence-electron chi connectivity index (χ1n) is 10.1. The van der Waals surface area contributed by atoms with Crippen LogP contribution in [0.4, 0.5) is 11.8 Å². The predicted octanol–water partition coefficient (Wildman–Crippen LogP) is 1.62. The van der Waals surface area contributed by atoms with E-state index in [4.69, 9.17) is 20.2 Å².